The van der Waals surface area contributed by atoms with Crippen LogP contribution in [0.4, 0.5) is 0 Å². The first-order valence-corrected chi connectivity index (χ1v) is 6.84. The van der Waals surface area contributed by atoms with Gasteiger partial charge in [0.1, 0.15) is 12.1 Å². The molecule has 0 aliphatic rings. The van der Waals surface area contributed by atoms with Gasteiger partial charge in [-0.3, -0.25) is 4.79 Å². The molecule has 3 rings (SSSR count). The Bertz CT molecular complexity index is 826. The van der Waals surface area contributed by atoms with E-state index in [0.717, 1.165) is 10.9 Å². The zero-order chi connectivity index (χ0) is 15.5. The Morgan fingerprint density at radius 2 is 1.86 bits per heavy atom. The van der Waals surface area contributed by atoms with Gasteiger partial charge in [-0.1, -0.05) is 18.2 Å². The lowest BCUT2D eigenvalue weighted by atomic mass is 10.2. The van der Waals surface area contributed by atoms with E-state index >= 15 is 0 Å². The molecule has 1 heterocycles. The molecule has 1 amide bonds. The smallest absolute Gasteiger partial charge is 0.253 e. The summed E-state index contributed by atoms with van der Waals surface area (Å²) in [7, 11) is 3.43. The number of amides is 1. The van der Waals surface area contributed by atoms with Gasteiger partial charge in [0.15, 0.2) is 0 Å². The number of fused-ring (bicyclic) bond motifs is 1. The predicted octanol–water partition coefficient (Wildman–Crippen LogP) is 3.12. The number of aromatic nitrogens is 2. The van der Waals surface area contributed by atoms with Crippen LogP contribution in [-0.4, -0.2) is 34.9 Å². The highest BCUT2D eigenvalue weighted by atomic mass is 16.5. The Morgan fingerprint density at radius 3 is 2.68 bits per heavy atom. The number of para-hydroxylation sites is 1. The Balaban J connectivity index is 1.96. The van der Waals surface area contributed by atoms with E-state index in [2.05, 4.69) is 9.97 Å². The average molecular weight is 293 g/mol. The number of benzene rings is 2. The zero-order valence-corrected chi connectivity index (χ0v) is 12.4. The van der Waals surface area contributed by atoms with Gasteiger partial charge >= 0.3 is 0 Å². The molecule has 0 saturated carbocycles. The molecule has 0 aliphatic heterocycles. The minimum absolute atomic E-state index is 0.0713. The minimum atomic E-state index is -0.0713. The van der Waals surface area contributed by atoms with Crippen LogP contribution in [-0.2, 0) is 0 Å². The number of nitrogens with zero attached hydrogens (tertiary/aromatic N) is 3. The minimum Gasteiger partial charge on any atom is -0.438 e. The number of ether oxygens (including phenoxy) is 1. The second kappa shape index (κ2) is 5.81. The summed E-state index contributed by atoms with van der Waals surface area (Å²) in [5.74, 6) is 0.967. The van der Waals surface area contributed by atoms with Crippen LogP contribution in [0.15, 0.2) is 54.9 Å². The van der Waals surface area contributed by atoms with Gasteiger partial charge in [0, 0.05) is 19.7 Å². The van der Waals surface area contributed by atoms with E-state index in [4.69, 9.17) is 4.74 Å². The van der Waals surface area contributed by atoms with Crippen molar-refractivity contribution < 1.29 is 9.53 Å². The molecule has 3 aromatic rings. The molecule has 0 atom stereocenters. The summed E-state index contributed by atoms with van der Waals surface area (Å²) in [6.45, 7) is 0. The van der Waals surface area contributed by atoms with Gasteiger partial charge in [0.05, 0.1) is 10.9 Å². The second-order valence-corrected chi connectivity index (χ2v) is 5.03. The van der Waals surface area contributed by atoms with Crippen molar-refractivity contribution >= 4 is 16.8 Å². The van der Waals surface area contributed by atoms with E-state index in [1.807, 2.05) is 24.3 Å². The van der Waals surface area contributed by atoms with Crippen LogP contribution < -0.4 is 4.74 Å². The van der Waals surface area contributed by atoms with Gasteiger partial charge in [0.25, 0.3) is 5.91 Å². The highest BCUT2D eigenvalue weighted by molar-refractivity contribution is 5.94. The van der Waals surface area contributed by atoms with Crippen molar-refractivity contribution in [1.29, 1.82) is 0 Å². The number of carbonyl (C=O) groups is 1. The Hall–Kier alpha value is -2.95. The fourth-order valence-electron chi connectivity index (χ4n) is 2.12. The van der Waals surface area contributed by atoms with Crippen LogP contribution in [0, 0.1) is 0 Å². The van der Waals surface area contributed by atoms with Gasteiger partial charge in [-0.15, -0.1) is 0 Å². The molecule has 1 aromatic heterocycles. The first-order valence-electron chi connectivity index (χ1n) is 6.84. The first kappa shape index (κ1) is 14.0. The molecular weight excluding hydrogens is 278 g/mol. The van der Waals surface area contributed by atoms with Crippen LogP contribution in [0.25, 0.3) is 10.9 Å². The van der Waals surface area contributed by atoms with Crippen molar-refractivity contribution in [3.05, 3.63) is 60.4 Å². The summed E-state index contributed by atoms with van der Waals surface area (Å²) in [6, 6.07) is 14.7. The van der Waals surface area contributed by atoms with Crippen molar-refractivity contribution in [2.75, 3.05) is 14.1 Å². The largest absolute Gasteiger partial charge is 0.438 e. The SMILES string of the molecule is CN(C)C(=O)c1cccc(Oc2ncnc3ccccc23)c1. The molecule has 0 bridgehead atoms. The number of rotatable bonds is 3. The van der Waals surface area contributed by atoms with Crippen molar-refractivity contribution in [2.24, 2.45) is 0 Å². The lowest BCUT2D eigenvalue weighted by Crippen LogP contribution is -2.21. The van der Waals surface area contributed by atoms with Gasteiger partial charge < -0.3 is 9.64 Å². The summed E-state index contributed by atoms with van der Waals surface area (Å²) >= 11 is 0. The van der Waals surface area contributed by atoms with Crippen LogP contribution >= 0.6 is 0 Å². The van der Waals surface area contributed by atoms with E-state index in [9.17, 15) is 4.79 Å². The molecule has 0 radical (unpaired) electrons. The van der Waals surface area contributed by atoms with Crippen molar-refractivity contribution in [1.82, 2.24) is 14.9 Å². The van der Waals surface area contributed by atoms with Crippen LogP contribution in [0.1, 0.15) is 10.4 Å². The van der Waals surface area contributed by atoms with Crippen LogP contribution in [0.3, 0.4) is 0 Å². The van der Waals surface area contributed by atoms with Crippen molar-refractivity contribution in [3.63, 3.8) is 0 Å². The molecule has 0 N–H and O–H groups in total. The first-order chi connectivity index (χ1) is 10.6. The molecule has 5 nitrogen and oxygen atoms in total. The predicted molar refractivity (Wildman–Crippen MR) is 84.1 cm³/mol. The van der Waals surface area contributed by atoms with E-state index in [0.29, 0.717) is 17.2 Å². The fourth-order valence-corrected chi connectivity index (χ4v) is 2.12. The molecular formula is C17H15N3O2. The van der Waals surface area contributed by atoms with Crippen LogP contribution in [0.2, 0.25) is 0 Å². The van der Waals surface area contributed by atoms with Gasteiger partial charge in [-0.25, -0.2) is 9.97 Å². The lowest BCUT2D eigenvalue weighted by Gasteiger charge is -2.12. The Kier molecular flexibility index (Phi) is 3.70. The van der Waals surface area contributed by atoms with E-state index in [1.54, 1.807) is 38.4 Å². The molecule has 22 heavy (non-hydrogen) atoms. The van der Waals surface area contributed by atoms with Gasteiger partial charge in [-0.2, -0.15) is 0 Å². The summed E-state index contributed by atoms with van der Waals surface area (Å²) < 4.78 is 5.84. The maximum absolute atomic E-state index is 12.0. The molecule has 2 aromatic carbocycles. The van der Waals surface area contributed by atoms with E-state index in [1.165, 1.54) is 11.2 Å². The van der Waals surface area contributed by atoms with Gasteiger partial charge in [0.2, 0.25) is 5.88 Å². The second-order valence-electron chi connectivity index (χ2n) is 5.03. The maximum Gasteiger partial charge on any atom is 0.253 e. The third-order valence-corrected chi connectivity index (χ3v) is 3.21. The summed E-state index contributed by atoms with van der Waals surface area (Å²) in [5, 5.41) is 0.828. The normalized spacial score (nSPS) is 10.5. The van der Waals surface area contributed by atoms with Crippen LogP contribution in [0.5, 0.6) is 11.6 Å². The highest BCUT2D eigenvalue weighted by Crippen LogP contribution is 2.26. The highest BCUT2D eigenvalue weighted by Gasteiger charge is 2.10. The van der Waals surface area contributed by atoms with E-state index < -0.39 is 0 Å². The summed E-state index contributed by atoms with van der Waals surface area (Å²) in [5.41, 5.74) is 1.38. The molecule has 110 valence electrons. The molecule has 0 unspecified atom stereocenters. The van der Waals surface area contributed by atoms with Gasteiger partial charge in [-0.05, 0) is 30.3 Å². The third-order valence-electron chi connectivity index (χ3n) is 3.21. The maximum atomic E-state index is 12.0. The molecule has 0 saturated heterocycles. The third kappa shape index (κ3) is 2.74. The number of carbonyl (C=O) groups excluding carboxylic acids is 1. The average Bonchev–Trinajstić information content (AvgIpc) is 2.55. The molecule has 0 fully saturated rings. The molecule has 5 heteroatoms. The molecule has 0 aliphatic carbocycles. The molecule has 0 spiro atoms. The standard InChI is InChI=1S/C17H15N3O2/c1-20(2)17(21)12-6-5-7-13(10-12)22-16-14-8-3-4-9-15(14)18-11-19-16/h3-11H,1-2H3. The van der Waals surface area contributed by atoms with E-state index in [-0.39, 0.29) is 5.91 Å². The van der Waals surface area contributed by atoms with Crippen molar-refractivity contribution in [2.45, 2.75) is 0 Å². The number of hydrogen-bond donors (Lipinski definition) is 0. The topological polar surface area (TPSA) is 55.3 Å². The quantitative estimate of drug-likeness (QED) is 0.744. The number of hydrogen-bond acceptors (Lipinski definition) is 4. The summed E-state index contributed by atoms with van der Waals surface area (Å²) in [6.07, 6.45) is 1.46. The monoisotopic (exact) mass is 293 g/mol. The zero-order valence-electron chi connectivity index (χ0n) is 12.4. The van der Waals surface area contributed by atoms with Crippen molar-refractivity contribution in [3.8, 4) is 11.6 Å². The Morgan fingerprint density at radius 1 is 1.05 bits per heavy atom. The fraction of sp³-hybridized carbons (Fsp3) is 0.118. The summed E-state index contributed by atoms with van der Waals surface area (Å²) in [4.78, 5) is 21.9. The Labute approximate surface area is 128 Å². The lowest BCUT2D eigenvalue weighted by molar-refractivity contribution is 0.0827.